The highest BCUT2D eigenvalue weighted by atomic mass is 32.1. The lowest BCUT2D eigenvalue weighted by molar-refractivity contribution is 0.108. The van der Waals surface area contributed by atoms with Gasteiger partial charge < -0.3 is 14.8 Å². The van der Waals surface area contributed by atoms with Gasteiger partial charge in [0.1, 0.15) is 0 Å². The van der Waals surface area contributed by atoms with Gasteiger partial charge in [-0.3, -0.25) is 9.47 Å². The second-order valence-corrected chi connectivity index (χ2v) is 15.8. The van der Waals surface area contributed by atoms with Crippen LogP contribution in [0.1, 0.15) is 58.0 Å². The molecule has 2 saturated heterocycles. The summed E-state index contributed by atoms with van der Waals surface area (Å²) < 4.78 is 1.87. The molecule has 2 fully saturated rings. The third-order valence-corrected chi connectivity index (χ3v) is 12.4. The van der Waals surface area contributed by atoms with E-state index in [0.29, 0.717) is 6.04 Å². The van der Waals surface area contributed by atoms with Gasteiger partial charge in [0.25, 0.3) is 0 Å². The Labute approximate surface area is 318 Å². The van der Waals surface area contributed by atoms with Crippen LogP contribution in [-0.2, 0) is 19.4 Å². The van der Waals surface area contributed by atoms with Crippen LogP contribution in [0.15, 0.2) is 131 Å². The first kappa shape index (κ1) is 35.5. The van der Waals surface area contributed by atoms with E-state index in [1.165, 1.54) is 66.6 Å². The van der Waals surface area contributed by atoms with Gasteiger partial charge in [0.15, 0.2) is 0 Å². The minimum Gasteiger partial charge on any atom is -0.306 e. The van der Waals surface area contributed by atoms with Gasteiger partial charge in [-0.1, -0.05) is 103 Å². The quantitative estimate of drug-likeness (QED) is 0.180. The predicted octanol–water partition coefficient (Wildman–Crippen LogP) is 8.50. The van der Waals surface area contributed by atoms with Crippen molar-refractivity contribution in [2.24, 2.45) is 0 Å². The normalized spacial score (nSPS) is 16.9. The fourth-order valence-electron chi connectivity index (χ4n) is 8.56. The van der Waals surface area contributed by atoms with E-state index in [1.54, 1.807) is 16.0 Å². The van der Waals surface area contributed by atoms with Gasteiger partial charge in [-0.15, -0.1) is 11.3 Å². The van der Waals surface area contributed by atoms with Gasteiger partial charge in [-0.05, 0) is 103 Å². The Morgan fingerprint density at radius 2 is 1.32 bits per heavy atom. The number of thiophene rings is 1. The standard InChI is InChI=1S/C27H30N4O.C19H21NS/c32-27-28-24-14-7-8-15-25(24)31(27)17-9-16-29-18-20-30(21-19-29)26(22-10-3-1-4-11-22)23-12-5-2-6-13-23;1-20-11-8-15(9-12-20)19-16-5-3-2-4-14(16)6-7-18-17(19)10-13-21-18/h1-8,10-15,26H,9,16-21H2,(H,28,32);2-5,10,13H,6-9,11-12H2,1H3. The molecule has 9 rings (SSSR count). The van der Waals surface area contributed by atoms with Gasteiger partial charge in [0.2, 0.25) is 0 Å². The van der Waals surface area contributed by atoms with Crippen LogP contribution in [0.4, 0.5) is 0 Å². The molecule has 272 valence electrons. The minimum absolute atomic E-state index is 0.00965. The summed E-state index contributed by atoms with van der Waals surface area (Å²) >= 11 is 1.93. The number of benzene rings is 4. The molecule has 4 aromatic carbocycles. The van der Waals surface area contributed by atoms with Crippen LogP contribution in [-0.4, -0.2) is 77.1 Å². The first-order valence-corrected chi connectivity index (χ1v) is 20.3. The Morgan fingerprint density at radius 1 is 0.660 bits per heavy atom. The number of fused-ring (bicyclic) bond motifs is 3. The van der Waals surface area contributed by atoms with Crippen molar-refractivity contribution in [3.05, 3.63) is 169 Å². The molecule has 2 aliphatic heterocycles. The maximum atomic E-state index is 12.3. The van der Waals surface area contributed by atoms with Crippen LogP contribution in [0.5, 0.6) is 0 Å². The molecule has 7 heteroatoms. The largest absolute Gasteiger partial charge is 0.326 e. The minimum atomic E-state index is -0.00965. The number of hydrogen-bond acceptors (Lipinski definition) is 5. The van der Waals surface area contributed by atoms with Crippen molar-refractivity contribution in [1.29, 1.82) is 0 Å². The molecule has 0 amide bonds. The molecule has 0 atom stereocenters. The molecule has 0 spiro atoms. The number of piperidine rings is 1. The van der Waals surface area contributed by atoms with E-state index in [1.807, 2.05) is 40.2 Å². The van der Waals surface area contributed by atoms with Gasteiger partial charge in [-0.25, -0.2) is 4.79 Å². The van der Waals surface area contributed by atoms with E-state index in [9.17, 15) is 4.79 Å². The highest BCUT2D eigenvalue weighted by Gasteiger charge is 2.27. The summed E-state index contributed by atoms with van der Waals surface area (Å²) in [6.45, 7) is 8.35. The van der Waals surface area contributed by atoms with Crippen LogP contribution in [0.25, 0.3) is 16.6 Å². The van der Waals surface area contributed by atoms with Crippen LogP contribution in [0.2, 0.25) is 0 Å². The number of aryl methyl sites for hydroxylation is 3. The van der Waals surface area contributed by atoms with E-state index >= 15 is 0 Å². The summed E-state index contributed by atoms with van der Waals surface area (Å²) in [6.07, 6.45) is 5.79. The monoisotopic (exact) mass is 721 g/mol. The molecule has 6 nitrogen and oxygen atoms in total. The zero-order valence-corrected chi connectivity index (χ0v) is 31.7. The number of aromatic amines is 1. The van der Waals surface area contributed by atoms with E-state index in [2.05, 4.69) is 123 Å². The summed E-state index contributed by atoms with van der Waals surface area (Å²) in [5.41, 5.74) is 12.4. The SMILES string of the molecule is CN1CCC(=C2c3ccccc3CCc3sccc32)CC1.O=c1[nH]c2ccccc2n1CCCN1CCN(C(c2ccccc2)c2ccccc2)CC1. The Morgan fingerprint density at radius 3 is 2.06 bits per heavy atom. The van der Waals surface area contributed by atoms with Gasteiger partial charge >= 0.3 is 5.69 Å². The number of piperazine rings is 1. The third-order valence-electron chi connectivity index (χ3n) is 11.4. The number of imidazole rings is 1. The first-order valence-electron chi connectivity index (χ1n) is 19.4. The Hall–Kier alpha value is -4.53. The van der Waals surface area contributed by atoms with Crippen molar-refractivity contribution >= 4 is 27.9 Å². The fraction of sp³-hybridized carbons (Fsp3) is 0.326. The molecule has 0 unspecified atom stereocenters. The average Bonchev–Trinajstić information content (AvgIpc) is 3.76. The smallest absolute Gasteiger partial charge is 0.306 e. The number of rotatable bonds is 7. The summed E-state index contributed by atoms with van der Waals surface area (Å²) in [7, 11) is 2.23. The molecule has 2 aromatic heterocycles. The molecular weight excluding hydrogens is 671 g/mol. The number of hydrogen-bond donors (Lipinski definition) is 1. The number of H-pyrrole nitrogens is 1. The topological polar surface area (TPSA) is 47.5 Å². The summed E-state index contributed by atoms with van der Waals surface area (Å²) in [5, 5.41) is 2.27. The number of aromatic nitrogens is 2. The highest BCUT2D eigenvalue weighted by Crippen LogP contribution is 2.40. The molecule has 53 heavy (non-hydrogen) atoms. The molecular formula is C46H51N5OS. The van der Waals surface area contributed by atoms with Crippen molar-refractivity contribution in [2.45, 2.75) is 44.7 Å². The maximum Gasteiger partial charge on any atom is 0.326 e. The van der Waals surface area contributed by atoms with E-state index in [4.69, 9.17) is 0 Å². The van der Waals surface area contributed by atoms with Crippen molar-refractivity contribution in [2.75, 3.05) is 52.9 Å². The van der Waals surface area contributed by atoms with E-state index < -0.39 is 0 Å². The van der Waals surface area contributed by atoms with Gasteiger partial charge in [-0.2, -0.15) is 0 Å². The van der Waals surface area contributed by atoms with Crippen molar-refractivity contribution in [1.82, 2.24) is 24.3 Å². The zero-order valence-electron chi connectivity index (χ0n) is 30.9. The van der Waals surface area contributed by atoms with E-state index in [-0.39, 0.29) is 5.69 Å². The molecule has 0 bridgehead atoms. The average molecular weight is 722 g/mol. The van der Waals surface area contributed by atoms with Gasteiger partial charge in [0, 0.05) is 50.7 Å². The molecule has 3 aliphatic rings. The molecule has 0 radical (unpaired) electrons. The van der Waals surface area contributed by atoms with E-state index in [0.717, 1.165) is 56.7 Å². The lowest BCUT2D eigenvalue weighted by atomic mass is 9.88. The van der Waals surface area contributed by atoms with Crippen molar-refractivity contribution in [3.63, 3.8) is 0 Å². The Kier molecular flexibility index (Phi) is 11.2. The molecule has 4 heterocycles. The number of likely N-dealkylation sites (tertiary alicyclic amines) is 1. The zero-order chi connectivity index (χ0) is 36.0. The summed E-state index contributed by atoms with van der Waals surface area (Å²) in [4.78, 5) is 24.4. The Balaban J connectivity index is 0.000000164. The van der Waals surface area contributed by atoms with Crippen LogP contribution >= 0.6 is 11.3 Å². The predicted molar refractivity (Wildman–Crippen MR) is 221 cm³/mol. The lowest BCUT2D eigenvalue weighted by Gasteiger charge is -2.39. The van der Waals surface area contributed by atoms with Crippen LogP contribution < -0.4 is 5.69 Å². The Bertz CT molecular complexity index is 2140. The maximum absolute atomic E-state index is 12.3. The fourth-order valence-corrected chi connectivity index (χ4v) is 9.45. The second kappa shape index (κ2) is 16.6. The highest BCUT2D eigenvalue weighted by molar-refractivity contribution is 7.10. The first-order chi connectivity index (χ1) is 26.1. The number of nitrogens with one attached hydrogen (secondary N) is 1. The van der Waals surface area contributed by atoms with Gasteiger partial charge in [0.05, 0.1) is 17.1 Å². The number of para-hydroxylation sites is 2. The third kappa shape index (κ3) is 8.04. The van der Waals surface area contributed by atoms with Crippen LogP contribution in [0.3, 0.4) is 0 Å². The molecule has 1 N–H and O–H groups in total. The summed E-state index contributed by atoms with van der Waals surface area (Å²) in [5.74, 6) is 0. The van der Waals surface area contributed by atoms with Crippen molar-refractivity contribution in [3.8, 4) is 0 Å². The van der Waals surface area contributed by atoms with Crippen LogP contribution in [0, 0.1) is 0 Å². The molecule has 1 aliphatic carbocycles. The molecule has 0 saturated carbocycles. The number of nitrogens with zero attached hydrogens (tertiary/aromatic N) is 4. The van der Waals surface area contributed by atoms with Crippen molar-refractivity contribution < 1.29 is 0 Å². The molecule has 6 aromatic rings. The second-order valence-electron chi connectivity index (χ2n) is 14.8. The lowest BCUT2D eigenvalue weighted by Crippen LogP contribution is -2.48. The summed E-state index contributed by atoms with van der Waals surface area (Å²) in [6, 6.07) is 41.3.